The molecule has 1 rings (SSSR count). The number of nitriles is 1. The van der Waals surface area contributed by atoms with E-state index < -0.39 is 0 Å². The zero-order valence-electron chi connectivity index (χ0n) is 8.45. The molecule has 0 saturated carbocycles. The van der Waals surface area contributed by atoms with Gasteiger partial charge in [-0.05, 0) is 24.7 Å². The van der Waals surface area contributed by atoms with Gasteiger partial charge in [-0.25, -0.2) is 0 Å². The third kappa shape index (κ3) is 2.48. The Bertz CT molecular complexity index is 330. The van der Waals surface area contributed by atoms with Crippen molar-refractivity contribution < 1.29 is 4.74 Å². The Morgan fingerprint density at radius 2 is 2.36 bits per heavy atom. The molecule has 1 unspecified atom stereocenters. The summed E-state index contributed by atoms with van der Waals surface area (Å²) in [4.78, 5) is 0. The molecule has 0 radical (unpaired) electrons. The smallest absolute Gasteiger partial charge is 0.119 e. The molecule has 0 heterocycles. The number of nitrogens with one attached hydrogen (secondary N) is 1. The van der Waals surface area contributed by atoms with Crippen molar-refractivity contribution in [3.05, 3.63) is 29.8 Å². The lowest BCUT2D eigenvalue weighted by molar-refractivity contribution is 0.414. The first-order chi connectivity index (χ1) is 6.81. The molecule has 0 aliphatic rings. The molecule has 3 nitrogen and oxygen atoms in total. The molecule has 1 N–H and O–H groups in total. The van der Waals surface area contributed by atoms with Crippen molar-refractivity contribution >= 4 is 0 Å². The summed E-state index contributed by atoms with van der Waals surface area (Å²) in [5, 5.41) is 11.9. The molecule has 0 aliphatic heterocycles. The van der Waals surface area contributed by atoms with E-state index in [2.05, 4.69) is 11.4 Å². The van der Waals surface area contributed by atoms with E-state index in [-0.39, 0.29) is 5.92 Å². The molecule has 14 heavy (non-hydrogen) atoms. The molecule has 3 heteroatoms. The lowest BCUT2D eigenvalue weighted by Gasteiger charge is -2.09. The Labute approximate surface area is 84.3 Å². The molecule has 0 saturated heterocycles. The Hall–Kier alpha value is -1.53. The van der Waals surface area contributed by atoms with E-state index in [1.807, 2.05) is 31.3 Å². The average Bonchev–Trinajstić information content (AvgIpc) is 2.26. The highest BCUT2D eigenvalue weighted by Crippen LogP contribution is 2.19. The van der Waals surface area contributed by atoms with E-state index >= 15 is 0 Å². The molecule has 1 atom stereocenters. The van der Waals surface area contributed by atoms with Crippen molar-refractivity contribution in [3.63, 3.8) is 0 Å². The zero-order chi connectivity index (χ0) is 10.4. The zero-order valence-corrected chi connectivity index (χ0v) is 8.45. The van der Waals surface area contributed by atoms with Crippen LogP contribution in [0.1, 0.15) is 11.5 Å². The first-order valence-electron chi connectivity index (χ1n) is 4.50. The average molecular weight is 190 g/mol. The predicted octanol–water partition coefficient (Wildman–Crippen LogP) is 1.52. The molecule has 0 bridgehead atoms. The lowest BCUT2D eigenvalue weighted by atomic mass is 10.0. The fourth-order valence-electron chi connectivity index (χ4n) is 1.30. The van der Waals surface area contributed by atoms with Gasteiger partial charge in [0.1, 0.15) is 5.75 Å². The van der Waals surface area contributed by atoms with Crippen LogP contribution in [0.15, 0.2) is 24.3 Å². The largest absolute Gasteiger partial charge is 0.497 e. The maximum absolute atomic E-state index is 8.94. The van der Waals surface area contributed by atoms with Crippen LogP contribution in [0.3, 0.4) is 0 Å². The highest BCUT2D eigenvalue weighted by atomic mass is 16.5. The van der Waals surface area contributed by atoms with Crippen molar-refractivity contribution in [2.24, 2.45) is 0 Å². The van der Waals surface area contributed by atoms with Gasteiger partial charge in [0.05, 0.1) is 19.1 Å². The van der Waals surface area contributed by atoms with Gasteiger partial charge >= 0.3 is 0 Å². The molecular formula is C11H14N2O. The van der Waals surface area contributed by atoms with Gasteiger partial charge in [-0.2, -0.15) is 5.26 Å². The van der Waals surface area contributed by atoms with Crippen molar-refractivity contribution in [1.82, 2.24) is 5.32 Å². The lowest BCUT2D eigenvalue weighted by Crippen LogP contribution is -2.15. The standard InChI is InChI=1S/C11H14N2O/c1-13-8-10(7-12)9-4-3-5-11(6-9)14-2/h3-6,10,13H,8H2,1-2H3. The molecule has 0 aromatic heterocycles. The Balaban J connectivity index is 2.88. The number of likely N-dealkylation sites (N-methyl/N-ethyl adjacent to an activating group) is 1. The van der Waals surface area contributed by atoms with Gasteiger partial charge in [0, 0.05) is 6.54 Å². The molecular weight excluding hydrogens is 176 g/mol. The van der Waals surface area contributed by atoms with Crippen molar-refractivity contribution in [1.29, 1.82) is 5.26 Å². The summed E-state index contributed by atoms with van der Waals surface area (Å²) in [6.07, 6.45) is 0. The second-order valence-electron chi connectivity index (χ2n) is 3.02. The van der Waals surface area contributed by atoms with E-state index in [4.69, 9.17) is 10.00 Å². The topological polar surface area (TPSA) is 45.0 Å². The van der Waals surface area contributed by atoms with E-state index in [0.717, 1.165) is 11.3 Å². The molecule has 0 amide bonds. The van der Waals surface area contributed by atoms with E-state index in [9.17, 15) is 0 Å². The van der Waals surface area contributed by atoms with Crippen LogP contribution in [0.5, 0.6) is 5.75 Å². The number of nitrogens with zero attached hydrogens (tertiary/aromatic N) is 1. The third-order valence-electron chi connectivity index (χ3n) is 2.06. The Morgan fingerprint density at radius 1 is 1.57 bits per heavy atom. The number of rotatable bonds is 4. The van der Waals surface area contributed by atoms with Gasteiger partial charge in [-0.15, -0.1) is 0 Å². The minimum absolute atomic E-state index is 0.116. The van der Waals surface area contributed by atoms with Crippen LogP contribution in [-0.2, 0) is 0 Å². The van der Waals surface area contributed by atoms with Gasteiger partial charge in [0.25, 0.3) is 0 Å². The fourth-order valence-corrected chi connectivity index (χ4v) is 1.30. The van der Waals surface area contributed by atoms with Crippen LogP contribution in [-0.4, -0.2) is 20.7 Å². The van der Waals surface area contributed by atoms with Crippen LogP contribution in [0.2, 0.25) is 0 Å². The summed E-state index contributed by atoms with van der Waals surface area (Å²) in [5.41, 5.74) is 0.987. The van der Waals surface area contributed by atoms with Crippen molar-refractivity contribution in [2.45, 2.75) is 5.92 Å². The summed E-state index contributed by atoms with van der Waals surface area (Å²) in [7, 11) is 3.46. The van der Waals surface area contributed by atoms with Gasteiger partial charge in [-0.3, -0.25) is 0 Å². The quantitative estimate of drug-likeness (QED) is 0.783. The van der Waals surface area contributed by atoms with Gasteiger partial charge < -0.3 is 10.1 Å². The van der Waals surface area contributed by atoms with Crippen molar-refractivity contribution in [3.8, 4) is 11.8 Å². The van der Waals surface area contributed by atoms with Gasteiger partial charge in [0.2, 0.25) is 0 Å². The molecule has 0 aliphatic carbocycles. The highest BCUT2D eigenvalue weighted by Gasteiger charge is 2.09. The first kappa shape index (κ1) is 10.6. The number of benzene rings is 1. The van der Waals surface area contributed by atoms with Gasteiger partial charge in [-0.1, -0.05) is 12.1 Å². The number of methoxy groups -OCH3 is 1. The number of ether oxygens (including phenoxy) is 1. The van der Waals surface area contributed by atoms with E-state index in [0.29, 0.717) is 6.54 Å². The predicted molar refractivity (Wildman–Crippen MR) is 55.3 cm³/mol. The summed E-state index contributed by atoms with van der Waals surface area (Å²) >= 11 is 0. The molecule has 74 valence electrons. The van der Waals surface area contributed by atoms with E-state index in [1.54, 1.807) is 7.11 Å². The van der Waals surface area contributed by atoms with Gasteiger partial charge in [0.15, 0.2) is 0 Å². The maximum atomic E-state index is 8.94. The normalized spacial score (nSPS) is 11.8. The summed E-state index contributed by atoms with van der Waals surface area (Å²) in [6, 6.07) is 9.85. The maximum Gasteiger partial charge on any atom is 0.119 e. The van der Waals surface area contributed by atoms with Crippen molar-refractivity contribution in [2.75, 3.05) is 20.7 Å². The van der Waals surface area contributed by atoms with Crippen LogP contribution >= 0.6 is 0 Å². The molecule has 1 aromatic rings. The van der Waals surface area contributed by atoms with Crippen LogP contribution < -0.4 is 10.1 Å². The summed E-state index contributed by atoms with van der Waals surface area (Å²) < 4.78 is 5.10. The fraction of sp³-hybridized carbons (Fsp3) is 0.364. The summed E-state index contributed by atoms with van der Waals surface area (Å²) in [6.45, 7) is 0.656. The Morgan fingerprint density at radius 3 is 2.93 bits per heavy atom. The number of hydrogen-bond donors (Lipinski definition) is 1. The third-order valence-corrected chi connectivity index (χ3v) is 2.06. The van der Waals surface area contributed by atoms with Crippen LogP contribution in [0.4, 0.5) is 0 Å². The second kappa shape index (κ2) is 5.25. The molecule has 0 spiro atoms. The number of hydrogen-bond acceptors (Lipinski definition) is 3. The second-order valence-corrected chi connectivity index (χ2v) is 3.02. The minimum Gasteiger partial charge on any atom is -0.497 e. The molecule has 0 fully saturated rings. The monoisotopic (exact) mass is 190 g/mol. The van der Waals surface area contributed by atoms with E-state index in [1.165, 1.54) is 0 Å². The minimum atomic E-state index is -0.116. The summed E-state index contributed by atoms with van der Waals surface area (Å²) in [5.74, 6) is 0.675. The molecule has 1 aromatic carbocycles. The van der Waals surface area contributed by atoms with Crippen LogP contribution in [0, 0.1) is 11.3 Å². The van der Waals surface area contributed by atoms with Crippen LogP contribution in [0.25, 0.3) is 0 Å². The highest BCUT2D eigenvalue weighted by molar-refractivity contribution is 5.33. The first-order valence-corrected chi connectivity index (χ1v) is 4.50. The Kier molecular flexibility index (Phi) is 3.96. The SMILES string of the molecule is CNCC(C#N)c1cccc(OC)c1.